The van der Waals surface area contributed by atoms with E-state index in [1.54, 1.807) is 0 Å². The first-order chi connectivity index (χ1) is 7.39. The Morgan fingerprint density at radius 3 is 2.12 bits per heavy atom. The molecule has 0 aromatic carbocycles. The third kappa shape index (κ3) is 4.84. The lowest BCUT2D eigenvalue weighted by Crippen LogP contribution is -2.36. The van der Waals surface area contributed by atoms with Crippen LogP contribution in [0.4, 0.5) is 0 Å². The molecule has 1 N–H and O–H groups in total. The number of rotatable bonds is 4. The van der Waals surface area contributed by atoms with Gasteiger partial charge >= 0.3 is 0 Å². The summed E-state index contributed by atoms with van der Waals surface area (Å²) in [6, 6.07) is 0.581. The van der Waals surface area contributed by atoms with Gasteiger partial charge in [-0.1, -0.05) is 34.6 Å². The summed E-state index contributed by atoms with van der Waals surface area (Å²) in [5.41, 5.74) is 3.70. The van der Waals surface area contributed by atoms with E-state index in [9.17, 15) is 0 Å². The first kappa shape index (κ1) is 14.0. The molecule has 0 heterocycles. The molecule has 2 heteroatoms. The number of hydrogen-bond acceptors (Lipinski definition) is 2. The predicted octanol–water partition coefficient (Wildman–Crippen LogP) is 3.77. The van der Waals surface area contributed by atoms with Crippen molar-refractivity contribution in [2.75, 3.05) is 6.61 Å². The van der Waals surface area contributed by atoms with Gasteiger partial charge in [0.05, 0.1) is 6.61 Å². The van der Waals surface area contributed by atoms with Gasteiger partial charge in [-0.2, -0.15) is 5.48 Å². The lowest BCUT2D eigenvalue weighted by Gasteiger charge is -2.37. The van der Waals surface area contributed by atoms with Crippen molar-refractivity contribution >= 4 is 0 Å². The Morgan fingerprint density at radius 2 is 1.69 bits per heavy atom. The molecule has 1 fully saturated rings. The van der Waals surface area contributed by atoms with Gasteiger partial charge in [0, 0.05) is 6.04 Å². The summed E-state index contributed by atoms with van der Waals surface area (Å²) in [5, 5.41) is 0. The lowest BCUT2D eigenvalue weighted by atomic mass is 9.71. The van der Waals surface area contributed by atoms with E-state index in [4.69, 9.17) is 4.84 Å². The molecule has 96 valence electrons. The summed E-state index contributed by atoms with van der Waals surface area (Å²) in [5.74, 6) is 1.49. The molecule has 0 aromatic heterocycles. The lowest BCUT2D eigenvalue weighted by molar-refractivity contribution is -0.0147. The molecule has 1 rings (SSSR count). The summed E-state index contributed by atoms with van der Waals surface area (Å²) in [4.78, 5) is 5.51. The van der Waals surface area contributed by atoms with E-state index in [0.717, 1.165) is 12.5 Å². The minimum Gasteiger partial charge on any atom is -0.301 e. The maximum absolute atomic E-state index is 5.51. The maximum atomic E-state index is 5.51. The first-order valence-corrected chi connectivity index (χ1v) is 6.77. The first-order valence-electron chi connectivity index (χ1n) is 6.77. The fourth-order valence-corrected chi connectivity index (χ4v) is 2.41. The zero-order chi connectivity index (χ0) is 12.2. The van der Waals surface area contributed by atoms with E-state index in [1.165, 1.54) is 25.7 Å². The van der Waals surface area contributed by atoms with Gasteiger partial charge in [-0.3, -0.25) is 0 Å². The molecule has 1 aliphatic carbocycles. The van der Waals surface area contributed by atoms with Gasteiger partial charge in [-0.15, -0.1) is 0 Å². The SMILES string of the molecule is CC(C)CONC1CCC(C(C)(C)C)CC1. The van der Waals surface area contributed by atoms with Crippen molar-refractivity contribution in [1.29, 1.82) is 0 Å². The van der Waals surface area contributed by atoms with Crippen LogP contribution in [0.25, 0.3) is 0 Å². The summed E-state index contributed by atoms with van der Waals surface area (Å²) < 4.78 is 0. The highest BCUT2D eigenvalue weighted by molar-refractivity contribution is 4.82. The van der Waals surface area contributed by atoms with Crippen molar-refractivity contribution in [1.82, 2.24) is 5.48 Å². The summed E-state index contributed by atoms with van der Waals surface area (Å²) in [6.45, 7) is 12.3. The Bertz CT molecular complexity index is 187. The van der Waals surface area contributed by atoms with Crippen molar-refractivity contribution in [2.24, 2.45) is 17.3 Å². The second-order valence-electron chi connectivity index (χ2n) is 6.74. The van der Waals surface area contributed by atoms with Crippen LogP contribution in [0.15, 0.2) is 0 Å². The van der Waals surface area contributed by atoms with Gasteiger partial charge < -0.3 is 4.84 Å². The Balaban J connectivity index is 2.17. The smallest absolute Gasteiger partial charge is 0.0705 e. The molecule has 16 heavy (non-hydrogen) atoms. The summed E-state index contributed by atoms with van der Waals surface area (Å²) in [7, 11) is 0. The molecule has 0 spiro atoms. The molecule has 1 saturated carbocycles. The molecule has 0 aromatic rings. The van der Waals surface area contributed by atoms with Crippen molar-refractivity contribution in [3.8, 4) is 0 Å². The van der Waals surface area contributed by atoms with Crippen molar-refractivity contribution in [3.63, 3.8) is 0 Å². The maximum Gasteiger partial charge on any atom is 0.0705 e. The van der Waals surface area contributed by atoms with Crippen LogP contribution in [0.2, 0.25) is 0 Å². The van der Waals surface area contributed by atoms with Gasteiger partial charge in [0.15, 0.2) is 0 Å². The second-order valence-corrected chi connectivity index (χ2v) is 6.74. The molecular weight excluding hydrogens is 198 g/mol. The summed E-state index contributed by atoms with van der Waals surface area (Å²) >= 11 is 0. The van der Waals surface area contributed by atoms with E-state index in [0.29, 0.717) is 17.4 Å². The largest absolute Gasteiger partial charge is 0.301 e. The van der Waals surface area contributed by atoms with Crippen LogP contribution in [-0.2, 0) is 4.84 Å². The van der Waals surface area contributed by atoms with Gasteiger partial charge in [0.2, 0.25) is 0 Å². The highest BCUT2D eigenvalue weighted by Crippen LogP contribution is 2.37. The van der Waals surface area contributed by atoms with E-state index in [1.807, 2.05) is 0 Å². The Kier molecular flexibility index (Phi) is 5.26. The molecule has 0 atom stereocenters. The van der Waals surface area contributed by atoms with Gasteiger partial charge in [0.25, 0.3) is 0 Å². The van der Waals surface area contributed by atoms with Crippen molar-refractivity contribution < 1.29 is 4.84 Å². The fraction of sp³-hybridized carbons (Fsp3) is 1.00. The molecule has 1 aliphatic rings. The van der Waals surface area contributed by atoms with Gasteiger partial charge in [-0.25, -0.2) is 0 Å². The standard InChI is InChI=1S/C14H29NO/c1-11(2)10-16-15-13-8-6-12(7-9-13)14(3,4)5/h11-13,15H,6-10H2,1-5H3. The van der Waals surface area contributed by atoms with Crippen LogP contribution in [0.5, 0.6) is 0 Å². The average Bonchev–Trinajstić information content (AvgIpc) is 2.16. The highest BCUT2D eigenvalue weighted by Gasteiger charge is 2.29. The van der Waals surface area contributed by atoms with E-state index >= 15 is 0 Å². The molecule has 2 nitrogen and oxygen atoms in total. The average molecular weight is 227 g/mol. The van der Waals surface area contributed by atoms with E-state index in [2.05, 4.69) is 40.1 Å². The topological polar surface area (TPSA) is 21.3 Å². The van der Waals surface area contributed by atoms with Crippen LogP contribution in [-0.4, -0.2) is 12.6 Å². The fourth-order valence-electron chi connectivity index (χ4n) is 2.41. The summed E-state index contributed by atoms with van der Waals surface area (Å²) in [6.07, 6.45) is 5.21. The Hall–Kier alpha value is -0.0800. The minimum absolute atomic E-state index is 0.476. The highest BCUT2D eigenvalue weighted by atomic mass is 16.6. The minimum atomic E-state index is 0.476. The van der Waals surface area contributed by atoms with Crippen molar-refractivity contribution in [3.05, 3.63) is 0 Å². The zero-order valence-corrected chi connectivity index (χ0v) is 11.7. The predicted molar refractivity (Wildman–Crippen MR) is 69.1 cm³/mol. The number of hydroxylamine groups is 1. The normalized spacial score (nSPS) is 27.4. The van der Waals surface area contributed by atoms with Crippen LogP contribution < -0.4 is 5.48 Å². The third-order valence-corrected chi connectivity index (χ3v) is 3.62. The number of hydrogen-bond donors (Lipinski definition) is 1. The van der Waals surface area contributed by atoms with Crippen LogP contribution in [0, 0.1) is 17.3 Å². The van der Waals surface area contributed by atoms with Gasteiger partial charge in [0.1, 0.15) is 0 Å². The molecule has 0 bridgehead atoms. The van der Waals surface area contributed by atoms with E-state index in [-0.39, 0.29) is 0 Å². The quantitative estimate of drug-likeness (QED) is 0.738. The molecule has 0 saturated heterocycles. The molecule has 0 amide bonds. The van der Waals surface area contributed by atoms with Crippen molar-refractivity contribution in [2.45, 2.75) is 66.3 Å². The van der Waals surface area contributed by atoms with E-state index < -0.39 is 0 Å². The zero-order valence-electron chi connectivity index (χ0n) is 11.7. The molecular formula is C14H29NO. The number of nitrogens with one attached hydrogen (secondary N) is 1. The van der Waals surface area contributed by atoms with Gasteiger partial charge in [-0.05, 0) is 42.9 Å². The monoisotopic (exact) mass is 227 g/mol. The molecule has 0 radical (unpaired) electrons. The molecule has 0 aliphatic heterocycles. The van der Waals surface area contributed by atoms with Crippen LogP contribution in [0.1, 0.15) is 60.3 Å². The Morgan fingerprint density at radius 1 is 1.12 bits per heavy atom. The van der Waals surface area contributed by atoms with Crippen LogP contribution in [0.3, 0.4) is 0 Å². The van der Waals surface area contributed by atoms with Crippen LogP contribution >= 0.6 is 0 Å². The second kappa shape index (κ2) is 6.02. The molecule has 0 unspecified atom stereocenters. The third-order valence-electron chi connectivity index (χ3n) is 3.62. The Labute approximate surface area is 101 Å².